The lowest BCUT2D eigenvalue weighted by Crippen LogP contribution is -2.38. The van der Waals surface area contributed by atoms with Crippen LogP contribution < -0.4 is 10.1 Å². The molecule has 3 rings (SSSR count). The van der Waals surface area contributed by atoms with Crippen LogP contribution >= 0.6 is 11.3 Å². The van der Waals surface area contributed by atoms with E-state index in [1.165, 1.54) is 4.88 Å². The van der Waals surface area contributed by atoms with Crippen molar-refractivity contribution in [3.8, 4) is 5.75 Å². The summed E-state index contributed by atoms with van der Waals surface area (Å²) in [4.78, 5) is 17.9. The molecule has 5 heteroatoms. The van der Waals surface area contributed by atoms with Crippen LogP contribution in [0.25, 0.3) is 0 Å². The normalized spacial score (nSPS) is 17.0. The van der Waals surface area contributed by atoms with Gasteiger partial charge >= 0.3 is 0 Å². The number of nitrogens with zero attached hydrogens (tertiary/aromatic N) is 1. The van der Waals surface area contributed by atoms with E-state index in [9.17, 15) is 4.79 Å². The first-order chi connectivity index (χ1) is 9.63. The van der Waals surface area contributed by atoms with Gasteiger partial charge in [-0.2, -0.15) is 0 Å². The highest BCUT2D eigenvalue weighted by Gasteiger charge is 2.26. The number of hydrogen-bond acceptors (Lipinski definition) is 5. The predicted octanol–water partition coefficient (Wildman–Crippen LogP) is 2.74. The van der Waals surface area contributed by atoms with Crippen LogP contribution in [0.1, 0.15) is 15.6 Å². The Kier molecular flexibility index (Phi) is 3.44. The second-order valence-electron chi connectivity index (χ2n) is 4.88. The van der Waals surface area contributed by atoms with E-state index in [0.29, 0.717) is 13.0 Å². The average molecular weight is 288 g/mol. The Morgan fingerprint density at radius 3 is 3.00 bits per heavy atom. The minimum Gasteiger partial charge on any atom is -0.479 e. The molecule has 1 atom stereocenters. The van der Waals surface area contributed by atoms with Crippen molar-refractivity contribution in [2.45, 2.75) is 26.4 Å². The number of aryl methyl sites for hydroxylation is 2. The van der Waals surface area contributed by atoms with Gasteiger partial charge in [-0.15, -0.1) is 11.3 Å². The molecule has 0 spiro atoms. The molecule has 1 N–H and O–H groups in total. The number of thiazole rings is 1. The smallest absolute Gasteiger partial charge is 0.181 e. The summed E-state index contributed by atoms with van der Waals surface area (Å²) in [6.07, 6.45) is -0.0946. The van der Waals surface area contributed by atoms with E-state index in [0.717, 1.165) is 22.1 Å². The third-order valence-electron chi connectivity index (χ3n) is 3.39. The number of rotatable bonds is 3. The van der Waals surface area contributed by atoms with Crippen molar-refractivity contribution >= 4 is 22.8 Å². The fourth-order valence-electron chi connectivity index (χ4n) is 2.17. The van der Waals surface area contributed by atoms with Crippen molar-refractivity contribution < 1.29 is 9.53 Å². The lowest BCUT2D eigenvalue weighted by Gasteiger charge is -2.26. The monoisotopic (exact) mass is 288 g/mol. The van der Waals surface area contributed by atoms with E-state index in [-0.39, 0.29) is 5.78 Å². The number of ether oxygens (including phenoxy) is 1. The number of ketones is 1. The van der Waals surface area contributed by atoms with Gasteiger partial charge in [-0.1, -0.05) is 12.1 Å². The second kappa shape index (κ2) is 5.25. The molecular weight excluding hydrogens is 272 g/mol. The maximum Gasteiger partial charge on any atom is 0.181 e. The number of nitrogens with one attached hydrogen (secondary N) is 1. The van der Waals surface area contributed by atoms with Crippen LogP contribution in [0, 0.1) is 13.8 Å². The Bertz CT molecular complexity index is 632. The molecule has 0 amide bonds. The predicted molar refractivity (Wildman–Crippen MR) is 79.6 cm³/mol. The molecule has 1 unspecified atom stereocenters. The lowest BCUT2D eigenvalue weighted by molar-refractivity contribution is -0.124. The number of carbonyl (C=O) groups is 1. The number of para-hydroxylation sites is 2. The van der Waals surface area contributed by atoms with Crippen LogP contribution in [0.4, 0.5) is 5.69 Å². The fourth-order valence-corrected chi connectivity index (χ4v) is 3.11. The second-order valence-corrected chi connectivity index (χ2v) is 6.16. The molecule has 1 aliphatic heterocycles. The van der Waals surface area contributed by atoms with Crippen molar-refractivity contribution in [2.75, 3.05) is 11.9 Å². The number of benzene rings is 1. The molecule has 2 heterocycles. The van der Waals surface area contributed by atoms with E-state index in [2.05, 4.69) is 10.3 Å². The molecule has 0 saturated heterocycles. The zero-order valence-corrected chi connectivity index (χ0v) is 12.3. The summed E-state index contributed by atoms with van der Waals surface area (Å²) < 4.78 is 5.77. The summed E-state index contributed by atoms with van der Waals surface area (Å²) in [5.41, 5.74) is 1.95. The van der Waals surface area contributed by atoms with Gasteiger partial charge in [0.2, 0.25) is 0 Å². The quantitative estimate of drug-likeness (QED) is 0.943. The highest BCUT2D eigenvalue weighted by molar-refractivity contribution is 7.11. The van der Waals surface area contributed by atoms with Gasteiger partial charge in [-0.3, -0.25) is 4.79 Å². The SMILES string of the molecule is Cc1nc(CC(=O)C2CNc3ccccc3O2)sc1C. The van der Waals surface area contributed by atoms with Gasteiger partial charge in [-0.05, 0) is 26.0 Å². The van der Waals surface area contributed by atoms with E-state index >= 15 is 0 Å². The number of anilines is 1. The van der Waals surface area contributed by atoms with Crippen LogP contribution in [-0.4, -0.2) is 23.4 Å². The molecule has 104 valence electrons. The van der Waals surface area contributed by atoms with Gasteiger partial charge in [0, 0.05) is 4.88 Å². The zero-order chi connectivity index (χ0) is 14.1. The average Bonchev–Trinajstić information content (AvgIpc) is 2.76. The molecule has 0 bridgehead atoms. The first-order valence-corrected chi connectivity index (χ1v) is 7.40. The Morgan fingerprint density at radius 2 is 2.25 bits per heavy atom. The fraction of sp³-hybridized carbons (Fsp3) is 0.333. The number of hydrogen-bond donors (Lipinski definition) is 1. The maximum atomic E-state index is 12.3. The van der Waals surface area contributed by atoms with Crippen LogP contribution in [0.2, 0.25) is 0 Å². The summed E-state index contributed by atoms with van der Waals surface area (Å²) in [6, 6.07) is 7.67. The first-order valence-electron chi connectivity index (χ1n) is 6.58. The molecule has 1 aromatic carbocycles. The van der Waals surface area contributed by atoms with Crippen LogP contribution in [0.15, 0.2) is 24.3 Å². The third kappa shape index (κ3) is 2.54. The summed E-state index contributed by atoms with van der Waals surface area (Å²) in [5.74, 6) is 0.810. The maximum absolute atomic E-state index is 12.3. The van der Waals surface area contributed by atoms with E-state index in [4.69, 9.17) is 4.74 Å². The van der Waals surface area contributed by atoms with Crippen molar-refractivity contribution in [3.63, 3.8) is 0 Å². The molecule has 1 aliphatic rings. The van der Waals surface area contributed by atoms with Crippen LogP contribution in [0.3, 0.4) is 0 Å². The van der Waals surface area contributed by atoms with E-state index < -0.39 is 6.10 Å². The molecular formula is C15H16N2O2S. The van der Waals surface area contributed by atoms with Gasteiger partial charge in [0.1, 0.15) is 10.8 Å². The van der Waals surface area contributed by atoms with Gasteiger partial charge in [0.25, 0.3) is 0 Å². The Hall–Kier alpha value is -1.88. The van der Waals surface area contributed by atoms with Crippen molar-refractivity contribution in [1.82, 2.24) is 4.98 Å². The molecule has 0 fully saturated rings. The number of Topliss-reactive ketones (excluding diaryl/α,β-unsaturated/α-hetero) is 1. The highest BCUT2D eigenvalue weighted by Crippen LogP contribution is 2.29. The Morgan fingerprint density at radius 1 is 1.45 bits per heavy atom. The summed E-state index contributed by atoms with van der Waals surface area (Å²) in [5, 5.41) is 4.10. The lowest BCUT2D eigenvalue weighted by atomic mass is 10.1. The molecule has 0 radical (unpaired) electrons. The summed E-state index contributed by atoms with van der Waals surface area (Å²) in [6.45, 7) is 4.50. The molecule has 1 aromatic heterocycles. The largest absolute Gasteiger partial charge is 0.479 e. The van der Waals surface area contributed by atoms with Gasteiger partial charge in [0.05, 0.1) is 24.3 Å². The molecule has 4 nitrogen and oxygen atoms in total. The number of fused-ring (bicyclic) bond motifs is 1. The molecule has 0 saturated carbocycles. The minimum absolute atomic E-state index is 0.0701. The number of aromatic nitrogens is 1. The molecule has 0 aliphatic carbocycles. The van der Waals surface area contributed by atoms with Gasteiger partial charge < -0.3 is 10.1 Å². The number of carbonyl (C=O) groups excluding carboxylic acids is 1. The Labute approximate surface area is 121 Å². The standard InChI is InChI=1S/C15H16N2O2S/c1-9-10(2)20-15(17-9)7-12(18)14-8-16-11-5-3-4-6-13(11)19-14/h3-6,14,16H,7-8H2,1-2H3. The molecule has 2 aromatic rings. The van der Waals surface area contributed by atoms with Crippen LogP contribution in [0.5, 0.6) is 5.75 Å². The summed E-state index contributed by atoms with van der Waals surface area (Å²) in [7, 11) is 0. The van der Waals surface area contributed by atoms with E-state index in [1.54, 1.807) is 11.3 Å². The highest BCUT2D eigenvalue weighted by atomic mass is 32.1. The minimum atomic E-state index is -0.436. The van der Waals surface area contributed by atoms with E-state index in [1.807, 2.05) is 38.1 Å². The van der Waals surface area contributed by atoms with Gasteiger partial charge in [-0.25, -0.2) is 4.98 Å². The van der Waals surface area contributed by atoms with Crippen molar-refractivity contribution in [1.29, 1.82) is 0 Å². The van der Waals surface area contributed by atoms with Crippen molar-refractivity contribution in [2.24, 2.45) is 0 Å². The van der Waals surface area contributed by atoms with Crippen LogP contribution in [-0.2, 0) is 11.2 Å². The van der Waals surface area contributed by atoms with Crippen molar-refractivity contribution in [3.05, 3.63) is 39.8 Å². The Balaban J connectivity index is 1.70. The first kappa shape index (κ1) is 13.1. The zero-order valence-electron chi connectivity index (χ0n) is 11.5. The topological polar surface area (TPSA) is 51.2 Å². The summed E-state index contributed by atoms with van der Waals surface area (Å²) >= 11 is 1.58. The molecule has 20 heavy (non-hydrogen) atoms. The third-order valence-corrected chi connectivity index (χ3v) is 4.46. The van der Waals surface area contributed by atoms with Gasteiger partial charge in [0.15, 0.2) is 11.9 Å².